The van der Waals surface area contributed by atoms with Crippen LogP contribution in [-0.2, 0) is 9.59 Å². The molecule has 2 N–H and O–H groups in total. The molecule has 0 saturated carbocycles. The fraction of sp³-hybridized carbons (Fsp3) is 0.857. The van der Waals surface area contributed by atoms with Gasteiger partial charge in [0, 0.05) is 13.1 Å². The van der Waals surface area contributed by atoms with Crippen LogP contribution >= 0.6 is 0 Å². The number of likely N-dealkylation sites (tertiary alicyclic amines) is 1. The topological polar surface area (TPSA) is 69.6 Å². The second-order valence-corrected chi connectivity index (χ2v) is 5.81. The molecule has 0 radical (unpaired) electrons. The first-order chi connectivity index (χ1) is 9.10. The lowest BCUT2D eigenvalue weighted by molar-refractivity contribution is -0.157. The molecule has 2 fully saturated rings. The molecule has 0 aromatic rings. The van der Waals surface area contributed by atoms with E-state index in [0.717, 1.165) is 38.6 Å². The van der Waals surface area contributed by atoms with Crippen LogP contribution < -0.4 is 5.32 Å². The van der Waals surface area contributed by atoms with Crippen LogP contribution in [0.15, 0.2) is 0 Å². The number of carboxylic acid groups (broad SMARTS) is 1. The van der Waals surface area contributed by atoms with E-state index in [9.17, 15) is 14.7 Å². The van der Waals surface area contributed by atoms with E-state index in [2.05, 4.69) is 12.2 Å². The van der Waals surface area contributed by atoms with Crippen LogP contribution in [0, 0.1) is 5.41 Å². The zero-order valence-corrected chi connectivity index (χ0v) is 11.7. The zero-order chi connectivity index (χ0) is 13.9. The van der Waals surface area contributed by atoms with Gasteiger partial charge in [-0.3, -0.25) is 4.79 Å². The molecule has 0 aromatic carbocycles. The number of aliphatic carboxylic acids is 1. The number of piperidine rings is 1. The van der Waals surface area contributed by atoms with Crippen molar-refractivity contribution < 1.29 is 14.7 Å². The molecule has 19 heavy (non-hydrogen) atoms. The van der Waals surface area contributed by atoms with E-state index in [0.29, 0.717) is 19.5 Å². The van der Waals surface area contributed by atoms with Crippen molar-refractivity contribution in [2.75, 3.05) is 19.6 Å². The lowest BCUT2D eigenvalue weighted by Crippen LogP contribution is -2.54. The molecule has 2 saturated heterocycles. The number of rotatable bonds is 4. The number of hydrogen-bond donors (Lipinski definition) is 2. The minimum atomic E-state index is -0.856. The van der Waals surface area contributed by atoms with Gasteiger partial charge < -0.3 is 15.3 Å². The Morgan fingerprint density at radius 3 is 2.79 bits per heavy atom. The quantitative estimate of drug-likeness (QED) is 0.804. The number of carboxylic acids is 1. The van der Waals surface area contributed by atoms with Crippen molar-refractivity contribution >= 4 is 11.9 Å². The Hall–Kier alpha value is -1.10. The van der Waals surface area contributed by atoms with Crippen LogP contribution in [0.25, 0.3) is 0 Å². The number of amides is 1. The molecule has 2 aliphatic rings. The van der Waals surface area contributed by atoms with Crippen LogP contribution in [0.2, 0.25) is 0 Å². The molecule has 2 atom stereocenters. The summed E-state index contributed by atoms with van der Waals surface area (Å²) >= 11 is 0. The van der Waals surface area contributed by atoms with Gasteiger partial charge in [-0.05, 0) is 38.6 Å². The highest BCUT2D eigenvalue weighted by Crippen LogP contribution is 2.35. The Kier molecular flexibility index (Phi) is 4.45. The zero-order valence-electron chi connectivity index (χ0n) is 11.7. The van der Waals surface area contributed by atoms with Gasteiger partial charge in [-0.15, -0.1) is 0 Å². The Balaban J connectivity index is 2.17. The third kappa shape index (κ3) is 2.76. The molecule has 0 aliphatic carbocycles. The summed E-state index contributed by atoms with van der Waals surface area (Å²) in [6.07, 6.45) is 5.06. The summed E-state index contributed by atoms with van der Waals surface area (Å²) in [5, 5.41) is 12.6. The number of nitrogens with zero attached hydrogens (tertiary/aromatic N) is 1. The molecule has 0 spiro atoms. The lowest BCUT2D eigenvalue weighted by atomic mass is 9.80. The molecule has 1 amide bonds. The molecule has 1 unspecified atom stereocenters. The van der Waals surface area contributed by atoms with Gasteiger partial charge in [-0.25, -0.2) is 4.79 Å². The van der Waals surface area contributed by atoms with Crippen LogP contribution in [0.4, 0.5) is 0 Å². The van der Waals surface area contributed by atoms with Gasteiger partial charge in [0.15, 0.2) is 0 Å². The highest BCUT2D eigenvalue weighted by molar-refractivity contribution is 5.88. The summed E-state index contributed by atoms with van der Waals surface area (Å²) in [6, 6.07) is -0.615. The average molecular weight is 268 g/mol. The van der Waals surface area contributed by atoms with Crippen molar-refractivity contribution in [2.45, 2.75) is 51.5 Å². The largest absolute Gasteiger partial charge is 0.480 e. The van der Waals surface area contributed by atoms with Crippen LogP contribution in [0.3, 0.4) is 0 Å². The van der Waals surface area contributed by atoms with Gasteiger partial charge in [0.05, 0.1) is 5.41 Å². The minimum absolute atomic E-state index is 0.0615. The third-order valence-corrected chi connectivity index (χ3v) is 4.47. The first-order valence-electron chi connectivity index (χ1n) is 7.35. The summed E-state index contributed by atoms with van der Waals surface area (Å²) in [7, 11) is 0. The Bertz CT molecular complexity index is 351. The molecule has 0 bridgehead atoms. The number of nitrogens with one attached hydrogen (secondary N) is 1. The average Bonchev–Trinajstić information content (AvgIpc) is 2.88. The Labute approximate surface area is 114 Å². The predicted molar refractivity (Wildman–Crippen MR) is 71.8 cm³/mol. The van der Waals surface area contributed by atoms with Crippen molar-refractivity contribution in [2.24, 2.45) is 5.41 Å². The van der Waals surface area contributed by atoms with E-state index >= 15 is 0 Å². The molecular weight excluding hydrogens is 244 g/mol. The molecule has 2 heterocycles. The summed E-state index contributed by atoms with van der Waals surface area (Å²) < 4.78 is 0. The maximum absolute atomic E-state index is 12.8. The predicted octanol–water partition coefficient (Wildman–Crippen LogP) is 1.23. The molecule has 108 valence electrons. The number of carbonyl (C=O) groups is 2. The van der Waals surface area contributed by atoms with E-state index in [4.69, 9.17) is 0 Å². The molecule has 2 aliphatic heterocycles. The summed E-state index contributed by atoms with van der Waals surface area (Å²) in [4.78, 5) is 25.8. The maximum Gasteiger partial charge on any atom is 0.326 e. The highest BCUT2D eigenvalue weighted by atomic mass is 16.4. The standard InChI is InChI=1S/C14H24N2O3/c1-2-6-14(7-8-15-10-14)13(19)16-9-4-3-5-11(16)12(17)18/h11,15H,2-10H2,1H3,(H,17,18)/t11-,14?/m0/s1. The second-order valence-electron chi connectivity index (χ2n) is 5.81. The fourth-order valence-corrected chi connectivity index (χ4v) is 3.46. The van der Waals surface area contributed by atoms with Crippen molar-refractivity contribution in [1.82, 2.24) is 10.2 Å². The van der Waals surface area contributed by atoms with Crippen LogP contribution in [0.5, 0.6) is 0 Å². The van der Waals surface area contributed by atoms with Gasteiger partial charge >= 0.3 is 5.97 Å². The first kappa shape index (κ1) is 14.3. The van der Waals surface area contributed by atoms with E-state index in [1.165, 1.54) is 0 Å². The van der Waals surface area contributed by atoms with E-state index < -0.39 is 12.0 Å². The van der Waals surface area contributed by atoms with Gasteiger partial charge in [0.2, 0.25) is 5.91 Å². The maximum atomic E-state index is 12.8. The number of carbonyl (C=O) groups excluding carboxylic acids is 1. The summed E-state index contributed by atoms with van der Waals surface area (Å²) in [5.41, 5.74) is -0.361. The van der Waals surface area contributed by atoms with Gasteiger partial charge in [-0.1, -0.05) is 13.3 Å². The first-order valence-corrected chi connectivity index (χ1v) is 7.35. The van der Waals surface area contributed by atoms with E-state index in [-0.39, 0.29) is 11.3 Å². The SMILES string of the molecule is CCCC1(C(=O)N2CCCC[C@H]2C(=O)O)CCNC1. The normalized spacial score (nSPS) is 31.4. The molecule has 5 nitrogen and oxygen atoms in total. The molecule has 2 rings (SSSR count). The van der Waals surface area contributed by atoms with Crippen molar-refractivity contribution in [3.8, 4) is 0 Å². The summed E-state index contributed by atoms with van der Waals surface area (Å²) in [6.45, 7) is 4.24. The lowest BCUT2D eigenvalue weighted by Gasteiger charge is -2.39. The van der Waals surface area contributed by atoms with Gasteiger partial charge in [-0.2, -0.15) is 0 Å². The second kappa shape index (κ2) is 5.90. The third-order valence-electron chi connectivity index (χ3n) is 4.47. The monoisotopic (exact) mass is 268 g/mol. The Morgan fingerprint density at radius 1 is 1.42 bits per heavy atom. The van der Waals surface area contributed by atoms with Crippen molar-refractivity contribution in [3.63, 3.8) is 0 Å². The molecule has 0 aromatic heterocycles. The molecule has 5 heteroatoms. The van der Waals surface area contributed by atoms with Crippen LogP contribution in [-0.4, -0.2) is 47.6 Å². The van der Waals surface area contributed by atoms with E-state index in [1.54, 1.807) is 4.90 Å². The fourth-order valence-electron chi connectivity index (χ4n) is 3.46. The van der Waals surface area contributed by atoms with Crippen molar-refractivity contribution in [3.05, 3.63) is 0 Å². The van der Waals surface area contributed by atoms with Crippen LogP contribution in [0.1, 0.15) is 45.4 Å². The summed E-state index contributed by atoms with van der Waals surface area (Å²) in [5.74, 6) is -0.794. The number of hydrogen-bond acceptors (Lipinski definition) is 3. The van der Waals surface area contributed by atoms with Gasteiger partial charge in [0.1, 0.15) is 6.04 Å². The minimum Gasteiger partial charge on any atom is -0.480 e. The van der Waals surface area contributed by atoms with Gasteiger partial charge in [0.25, 0.3) is 0 Å². The smallest absolute Gasteiger partial charge is 0.326 e. The molecular formula is C14H24N2O3. The Morgan fingerprint density at radius 2 is 2.21 bits per heavy atom. The highest BCUT2D eigenvalue weighted by Gasteiger charge is 2.45. The van der Waals surface area contributed by atoms with E-state index in [1.807, 2.05) is 0 Å². The van der Waals surface area contributed by atoms with Crippen molar-refractivity contribution in [1.29, 1.82) is 0 Å².